The lowest BCUT2D eigenvalue weighted by atomic mass is 10.1. The molecule has 0 bridgehead atoms. The second-order valence-electron chi connectivity index (χ2n) is 7.62. The van der Waals surface area contributed by atoms with Gasteiger partial charge in [0.2, 0.25) is 0 Å². The van der Waals surface area contributed by atoms with Gasteiger partial charge in [0.05, 0.1) is 12.3 Å². The zero-order valence-corrected chi connectivity index (χ0v) is 15.3. The van der Waals surface area contributed by atoms with E-state index in [0.717, 1.165) is 50.3 Å². The fourth-order valence-corrected chi connectivity index (χ4v) is 3.39. The van der Waals surface area contributed by atoms with Gasteiger partial charge in [0.1, 0.15) is 11.4 Å². The van der Waals surface area contributed by atoms with E-state index in [1.165, 1.54) is 0 Å². The maximum Gasteiger partial charge on any atom is 0.271 e. The van der Waals surface area contributed by atoms with Crippen LogP contribution in [0.3, 0.4) is 0 Å². The normalized spacial score (nSPS) is 18.7. The van der Waals surface area contributed by atoms with Crippen molar-refractivity contribution in [3.05, 3.63) is 47.8 Å². The zero-order valence-electron chi connectivity index (χ0n) is 15.3. The van der Waals surface area contributed by atoms with Crippen molar-refractivity contribution in [2.45, 2.75) is 32.4 Å². The molecule has 1 amide bonds. The Hall–Kier alpha value is -2.34. The molecule has 1 aromatic carbocycles. The SMILES string of the molecule is CN1CCCn2nc(C(=O)NCC3(COc4ccccc4)CC3)cc2C1. The molecule has 6 nitrogen and oxygen atoms in total. The van der Waals surface area contributed by atoms with Crippen LogP contribution in [0.5, 0.6) is 5.75 Å². The molecule has 2 aliphatic rings. The summed E-state index contributed by atoms with van der Waals surface area (Å²) in [4.78, 5) is 14.8. The Kier molecular flexibility index (Phi) is 4.68. The summed E-state index contributed by atoms with van der Waals surface area (Å²) < 4.78 is 7.86. The number of rotatable bonds is 6. The molecule has 1 aromatic heterocycles. The molecule has 0 spiro atoms. The monoisotopic (exact) mass is 354 g/mol. The predicted molar refractivity (Wildman–Crippen MR) is 99.1 cm³/mol. The number of hydrogen-bond donors (Lipinski definition) is 1. The minimum absolute atomic E-state index is 0.0720. The summed E-state index contributed by atoms with van der Waals surface area (Å²) >= 11 is 0. The van der Waals surface area contributed by atoms with E-state index in [1.54, 1.807) is 0 Å². The minimum atomic E-state index is -0.0841. The first kappa shape index (κ1) is 17.1. The lowest BCUT2D eigenvalue weighted by Gasteiger charge is -2.16. The smallest absolute Gasteiger partial charge is 0.271 e. The van der Waals surface area contributed by atoms with Crippen molar-refractivity contribution in [3.63, 3.8) is 0 Å². The second-order valence-corrected chi connectivity index (χ2v) is 7.62. The number of nitrogens with zero attached hydrogens (tertiary/aromatic N) is 3. The van der Waals surface area contributed by atoms with Crippen molar-refractivity contribution in [1.29, 1.82) is 0 Å². The first-order chi connectivity index (χ1) is 12.6. The molecular weight excluding hydrogens is 328 g/mol. The van der Waals surface area contributed by atoms with E-state index in [9.17, 15) is 4.79 Å². The van der Waals surface area contributed by atoms with Crippen LogP contribution >= 0.6 is 0 Å². The number of nitrogens with one attached hydrogen (secondary N) is 1. The summed E-state index contributed by atoms with van der Waals surface area (Å²) in [7, 11) is 2.10. The van der Waals surface area contributed by atoms with Crippen LogP contribution in [0.1, 0.15) is 35.4 Å². The van der Waals surface area contributed by atoms with E-state index in [4.69, 9.17) is 4.74 Å². The molecule has 2 aromatic rings. The number of benzene rings is 1. The summed E-state index contributed by atoms with van der Waals surface area (Å²) in [6.07, 6.45) is 3.24. The minimum Gasteiger partial charge on any atom is -0.493 e. The summed E-state index contributed by atoms with van der Waals surface area (Å²) in [6, 6.07) is 11.8. The van der Waals surface area contributed by atoms with Crippen LogP contribution in [0, 0.1) is 5.41 Å². The number of aromatic nitrogens is 2. The van der Waals surface area contributed by atoms with Crippen molar-refractivity contribution in [2.75, 3.05) is 26.7 Å². The van der Waals surface area contributed by atoms with Crippen molar-refractivity contribution >= 4 is 5.91 Å². The van der Waals surface area contributed by atoms with E-state index in [-0.39, 0.29) is 11.3 Å². The van der Waals surface area contributed by atoms with E-state index in [0.29, 0.717) is 18.8 Å². The van der Waals surface area contributed by atoms with Gasteiger partial charge in [-0.3, -0.25) is 9.48 Å². The van der Waals surface area contributed by atoms with Gasteiger partial charge in [0, 0.05) is 31.6 Å². The average molecular weight is 354 g/mol. The molecule has 138 valence electrons. The maximum atomic E-state index is 12.5. The summed E-state index contributed by atoms with van der Waals surface area (Å²) in [5, 5.41) is 7.57. The molecular formula is C20H26N4O2. The van der Waals surface area contributed by atoms with Crippen LogP contribution < -0.4 is 10.1 Å². The number of ether oxygens (including phenoxy) is 1. The lowest BCUT2D eigenvalue weighted by Crippen LogP contribution is -2.33. The Bertz CT molecular complexity index is 767. The fraction of sp³-hybridized carbons (Fsp3) is 0.500. The maximum absolute atomic E-state index is 12.5. The van der Waals surface area contributed by atoms with Crippen molar-refractivity contribution in [3.8, 4) is 5.75 Å². The molecule has 1 N–H and O–H groups in total. The van der Waals surface area contributed by atoms with Gasteiger partial charge in [-0.25, -0.2) is 0 Å². The third kappa shape index (κ3) is 3.90. The molecule has 1 aliphatic heterocycles. The first-order valence-electron chi connectivity index (χ1n) is 9.35. The topological polar surface area (TPSA) is 59.4 Å². The molecule has 0 unspecified atom stereocenters. The molecule has 0 saturated heterocycles. The fourth-order valence-electron chi connectivity index (χ4n) is 3.39. The van der Waals surface area contributed by atoms with Gasteiger partial charge in [0.25, 0.3) is 5.91 Å². The summed E-state index contributed by atoms with van der Waals surface area (Å²) in [5.74, 6) is 0.797. The van der Waals surface area contributed by atoms with Crippen LogP contribution in [-0.2, 0) is 13.1 Å². The number of hydrogen-bond acceptors (Lipinski definition) is 4. The van der Waals surface area contributed by atoms with Gasteiger partial charge in [0.15, 0.2) is 0 Å². The Balaban J connectivity index is 1.32. The van der Waals surface area contributed by atoms with Crippen LogP contribution in [0.15, 0.2) is 36.4 Å². The third-order valence-electron chi connectivity index (χ3n) is 5.31. The molecule has 26 heavy (non-hydrogen) atoms. The van der Waals surface area contributed by atoms with Crippen LogP contribution in [0.4, 0.5) is 0 Å². The highest BCUT2D eigenvalue weighted by Crippen LogP contribution is 2.45. The van der Waals surface area contributed by atoms with Crippen LogP contribution in [0.2, 0.25) is 0 Å². The molecule has 1 fully saturated rings. The Morgan fingerprint density at radius 1 is 1.27 bits per heavy atom. The summed E-state index contributed by atoms with van der Waals surface area (Å²) in [5.41, 5.74) is 1.71. The van der Waals surface area contributed by atoms with Gasteiger partial charge < -0.3 is 15.0 Å². The molecule has 4 rings (SSSR count). The number of carbonyl (C=O) groups excluding carboxylic acids is 1. The van der Waals surface area contributed by atoms with Gasteiger partial charge in [-0.05, 0) is 44.5 Å². The number of para-hydroxylation sites is 1. The number of aryl methyl sites for hydroxylation is 1. The van der Waals surface area contributed by atoms with Gasteiger partial charge in [-0.15, -0.1) is 0 Å². The molecule has 0 radical (unpaired) electrons. The van der Waals surface area contributed by atoms with E-state index in [2.05, 4.69) is 22.4 Å². The molecule has 2 heterocycles. The molecule has 1 saturated carbocycles. The highest BCUT2D eigenvalue weighted by atomic mass is 16.5. The van der Waals surface area contributed by atoms with Gasteiger partial charge in [-0.1, -0.05) is 18.2 Å². The predicted octanol–water partition coefficient (Wildman–Crippen LogP) is 2.31. The first-order valence-corrected chi connectivity index (χ1v) is 9.35. The highest BCUT2D eigenvalue weighted by molar-refractivity contribution is 5.92. The Labute approximate surface area is 154 Å². The molecule has 0 atom stereocenters. The quantitative estimate of drug-likeness (QED) is 0.865. The van der Waals surface area contributed by atoms with Crippen molar-refractivity contribution < 1.29 is 9.53 Å². The molecule has 1 aliphatic carbocycles. The van der Waals surface area contributed by atoms with E-state index in [1.807, 2.05) is 41.1 Å². The zero-order chi connectivity index (χ0) is 18.0. The van der Waals surface area contributed by atoms with E-state index >= 15 is 0 Å². The lowest BCUT2D eigenvalue weighted by molar-refractivity contribution is 0.0931. The Morgan fingerprint density at radius 2 is 2.08 bits per heavy atom. The van der Waals surface area contributed by atoms with Crippen molar-refractivity contribution in [2.24, 2.45) is 5.41 Å². The standard InChI is InChI=1S/C20H26N4O2/c1-23-10-5-11-24-16(13-23)12-18(22-24)19(25)21-14-20(8-9-20)15-26-17-6-3-2-4-7-17/h2-4,6-7,12H,5,8-11,13-15H2,1H3,(H,21,25). The van der Waals surface area contributed by atoms with Crippen LogP contribution in [0.25, 0.3) is 0 Å². The average Bonchev–Trinajstić information content (AvgIpc) is 3.36. The number of amides is 1. The number of carbonyl (C=O) groups is 1. The van der Waals surface area contributed by atoms with E-state index < -0.39 is 0 Å². The van der Waals surface area contributed by atoms with Crippen LogP contribution in [-0.4, -0.2) is 47.3 Å². The largest absolute Gasteiger partial charge is 0.493 e. The second kappa shape index (κ2) is 7.11. The summed E-state index contributed by atoms with van der Waals surface area (Å²) in [6.45, 7) is 4.06. The van der Waals surface area contributed by atoms with Crippen molar-refractivity contribution in [1.82, 2.24) is 20.0 Å². The highest BCUT2D eigenvalue weighted by Gasteiger charge is 2.44. The van der Waals surface area contributed by atoms with Gasteiger partial charge in [-0.2, -0.15) is 5.10 Å². The number of fused-ring (bicyclic) bond motifs is 1. The van der Waals surface area contributed by atoms with Gasteiger partial charge >= 0.3 is 0 Å². The third-order valence-corrected chi connectivity index (χ3v) is 5.31. The Morgan fingerprint density at radius 3 is 2.85 bits per heavy atom. The molecule has 6 heteroatoms.